The number of hydroxylamine groups is 2. The van der Waals surface area contributed by atoms with Gasteiger partial charge < -0.3 is 19.8 Å². The zero-order chi connectivity index (χ0) is 26.2. The summed E-state index contributed by atoms with van der Waals surface area (Å²) in [5.74, 6) is 0.686. The molecule has 200 valence electrons. The number of hydrogen-bond acceptors (Lipinski definition) is 6. The molecule has 7 nitrogen and oxygen atoms in total. The summed E-state index contributed by atoms with van der Waals surface area (Å²) in [6.45, 7) is 5.77. The highest BCUT2D eigenvalue weighted by molar-refractivity contribution is 6.42. The molecule has 2 aromatic rings. The van der Waals surface area contributed by atoms with Crippen LogP contribution in [0.4, 0.5) is 5.69 Å². The number of anilines is 1. The Labute approximate surface area is 229 Å². The van der Waals surface area contributed by atoms with E-state index in [0.29, 0.717) is 29.4 Å². The molecular formula is C28H36Cl2N4O3. The number of fused-ring (bicyclic) bond motifs is 1. The number of amides is 1. The van der Waals surface area contributed by atoms with Gasteiger partial charge in [-0.3, -0.25) is 9.69 Å². The van der Waals surface area contributed by atoms with Gasteiger partial charge in [-0.15, -0.1) is 5.06 Å². The van der Waals surface area contributed by atoms with Crippen LogP contribution < -0.4 is 15.1 Å². The lowest BCUT2D eigenvalue weighted by molar-refractivity contribution is -0.142. The van der Waals surface area contributed by atoms with Gasteiger partial charge in [-0.05, 0) is 62.1 Å². The second-order valence-electron chi connectivity index (χ2n) is 9.67. The number of unbranched alkanes of at least 4 members (excludes halogenated alkanes) is 2. The van der Waals surface area contributed by atoms with Crippen LogP contribution in [0.25, 0.3) is 0 Å². The summed E-state index contributed by atoms with van der Waals surface area (Å²) in [5, 5.41) is 5.61. The molecule has 2 aromatic carbocycles. The van der Waals surface area contributed by atoms with E-state index in [1.807, 2.05) is 30.3 Å². The molecule has 1 fully saturated rings. The smallest absolute Gasteiger partial charge is 0.240 e. The summed E-state index contributed by atoms with van der Waals surface area (Å²) in [6, 6.07) is 11.5. The summed E-state index contributed by atoms with van der Waals surface area (Å²) < 4.78 is 0. The number of carbonyl (C=O) groups is 2. The Morgan fingerprint density at radius 3 is 2.62 bits per heavy atom. The molecule has 1 unspecified atom stereocenters. The van der Waals surface area contributed by atoms with Crippen LogP contribution in [0.1, 0.15) is 43.2 Å². The van der Waals surface area contributed by atoms with Gasteiger partial charge in [0.1, 0.15) is 12.3 Å². The third kappa shape index (κ3) is 7.17. The average Bonchev–Trinajstić information content (AvgIpc) is 3.35. The quantitative estimate of drug-likeness (QED) is 0.306. The fourth-order valence-corrected chi connectivity index (χ4v) is 5.43. The molecule has 0 saturated carbocycles. The van der Waals surface area contributed by atoms with Crippen molar-refractivity contribution in [2.45, 2.75) is 51.1 Å². The Morgan fingerprint density at radius 1 is 1.08 bits per heavy atom. The Morgan fingerprint density at radius 2 is 1.89 bits per heavy atom. The number of benzene rings is 2. The topological polar surface area (TPSA) is 65.1 Å². The molecule has 0 aromatic heterocycles. The van der Waals surface area contributed by atoms with E-state index in [1.54, 1.807) is 12.1 Å². The highest BCUT2D eigenvalue weighted by atomic mass is 35.5. The van der Waals surface area contributed by atoms with Crippen molar-refractivity contribution in [1.82, 2.24) is 15.3 Å². The van der Waals surface area contributed by atoms with E-state index < -0.39 is 6.04 Å². The summed E-state index contributed by atoms with van der Waals surface area (Å²) in [7, 11) is 1.61. The van der Waals surface area contributed by atoms with E-state index in [-0.39, 0.29) is 5.91 Å². The first kappa shape index (κ1) is 27.7. The van der Waals surface area contributed by atoms with Crippen molar-refractivity contribution < 1.29 is 14.4 Å². The van der Waals surface area contributed by atoms with E-state index in [2.05, 4.69) is 21.2 Å². The average molecular weight is 548 g/mol. The number of likely N-dealkylation sites (N-methyl/N-ethyl adjacent to an activating group) is 1. The molecule has 2 aliphatic heterocycles. The standard InChI is InChI=1S/C28H36Cl2N4O3/c1-31-28(36)26(9-6-18-35)34-20-23-21(8-5-10-27(23)37-34)7-3-2-4-13-32-14-16-33(17-15-32)22-11-12-24(29)25(30)19-22/h5,8,10-12,18-19,26H,2-4,6-7,9,13-17,20H2,1H3,(H,31,36). The number of carbonyl (C=O) groups excluding carboxylic acids is 2. The third-order valence-electron chi connectivity index (χ3n) is 7.28. The minimum Gasteiger partial charge on any atom is -0.405 e. The molecule has 0 spiro atoms. The van der Waals surface area contributed by atoms with Crippen LogP contribution in [0.2, 0.25) is 10.0 Å². The molecule has 0 radical (unpaired) electrons. The van der Waals surface area contributed by atoms with E-state index in [1.165, 1.54) is 18.4 Å². The van der Waals surface area contributed by atoms with Gasteiger partial charge >= 0.3 is 0 Å². The van der Waals surface area contributed by atoms with Gasteiger partial charge in [0.15, 0.2) is 5.75 Å². The molecule has 1 saturated heterocycles. The van der Waals surface area contributed by atoms with E-state index in [9.17, 15) is 9.59 Å². The fourth-order valence-electron chi connectivity index (χ4n) is 5.14. The fraction of sp³-hybridized carbons (Fsp3) is 0.500. The number of rotatable bonds is 12. The van der Waals surface area contributed by atoms with Crippen molar-refractivity contribution in [3.63, 3.8) is 0 Å². The first-order valence-electron chi connectivity index (χ1n) is 13.1. The highest BCUT2D eigenvalue weighted by Crippen LogP contribution is 2.33. The van der Waals surface area contributed by atoms with Gasteiger partial charge in [0, 0.05) is 50.9 Å². The molecule has 9 heteroatoms. The predicted molar refractivity (Wildman–Crippen MR) is 148 cm³/mol. The molecular weight excluding hydrogens is 511 g/mol. The van der Waals surface area contributed by atoms with Crippen molar-refractivity contribution in [2.24, 2.45) is 0 Å². The summed E-state index contributed by atoms with van der Waals surface area (Å²) in [4.78, 5) is 34.2. The number of aryl methyl sites for hydroxylation is 1. The monoisotopic (exact) mass is 546 g/mol. The number of piperazine rings is 1. The SMILES string of the molecule is CNC(=O)C(CCC=O)N1Cc2c(CCCCCN3CCN(c4ccc(Cl)c(Cl)c4)CC3)cccc2O1. The predicted octanol–water partition coefficient (Wildman–Crippen LogP) is 4.73. The van der Waals surface area contributed by atoms with Crippen LogP contribution in [-0.4, -0.2) is 68.0 Å². The van der Waals surface area contributed by atoms with E-state index in [4.69, 9.17) is 28.0 Å². The number of hydrogen-bond donors (Lipinski definition) is 1. The van der Waals surface area contributed by atoms with Gasteiger partial charge in [-0.25, -0.2) is 0 Å². The molecule has 1 amide bonds. The van der Waals surface area contributed by atoms with Crippen LogP contribution in [0.15, 0.2) is 36.4 Å². The summed E-state index contributed by atoms with van der Waals surface area (Å²) >= 11 is 12.2. The lowest BCUT2D eigenvalue weighted by Gasteiger charge is -2.36. The van der Waals surface area contributed by atoms with E-state index in [0.717, 1.165) is 68.9 Å². The van der Waals surface area contributed by atoms with Crippen LogP contribution >= 0.6 is 23.2 Å². The second-order valence-corrected chi connectivity index (χ2v) is 10.5. The van der Waals surface area contributed by atoms with Gasteiger partial charge in [-0.1, -0.05) is 41.8 Å². The van der Waals surface area contributed by atoms with Crippen LogP contribution in [0.5, 0.6) is 5.75 Å². The lowest BCUT2D eigenvalue weighted by Crippen LogP contribution is -2.46. The Bertz CT molecular complexity index is 1080. The third-order valence-corrected chi connectivity index (χ3v) is 8.01. The summed E-state index contributed by atoms with van der Waals surface area (Å²) in [6.07, 6.45) is 6.06. The Balaban J connectivity index is 1.20. The van der Waals surface area contributed by atoms with Gasteiger partial charge in [0.25, 0.3) is 0 Å². The first-order valence-corrected chi connectivity index (χ1v) is 13.9. The van der Waals surface area contributed by atoms with Crippen LogP contribution in [0.3, 0.4) is 0 Å². The summed E-state index contributed by atoms with van der Waals surface area (Å²) in [5.41, 5.74) is 3.57. The van der Waals surface area contributed by atoms with Gasteiger partial charge in [0.2, 0.25) is 5.91 Å². The molecule has 2 aliphatic rings. The maximum atomic E-state index is 12.4. The molecule has 1 atom stereocenters. The van der Waals surface area contributed by atoms with Crippen molar-refractivity contribution in [1.29, 1.82) is 0 Å². The van der Waals surface area contributed by atoms with E-state index >= 15 is 0 Å². The van der Waals surface area contributed by atoms with Crippen LogP contribution in [-0.2, 0) is 22.6 Å². The molecule has 0 aliphatic carbocycles. The normalized spacial score (nSPS) is 16.8. The molecule has 1 N–H and O–H groups in total. The Kier molecular flexibility index (Phi) is 10.1. The lowest BCUT2D eigenvalue weighted by atomic mass is 10.00. The largest absolute Gasteiger partial charge is 0.405 e. The van der Waals surface area contributed by atoms with Crippen molar-refractivity contribution >= 4 is 41.1 Å². The van der Waals surface area contributed by atoms with Gasteiger partial charge in [-0.2, -0.15) is 0 Å². The number of halogens is 2. The number of aldehydes is 1. The first-order chi connectivity index (χ1) is 18.0. The molecule has 37 heavy (non-hydrogen) atoms. The molecule has 4 rings (SSSR count). The minimum atomic E-state index is -0.479. The number of nitrogens with one attached hydrogen (secondary N) is 1. The zero-order valence-corrected chi connectivity index (χ0v) is 22.9. The van der Waals surface area contributed by atoms with Crippen molar-refractivity contribution in [3.8, 4) is 5.75 Å². The molecule has 0 bridgehead atoms. The highest BCUT2D eigenvalue weighted by Gasteiger charge is 2.33. The number of nitrogens with zero attached hydrogens (tertiary/aromatic N) is 3. The van der Waals surface area contributed by atoms with Gasteiger partial charge in [0.05, 0.1) is 16.6 Å². The van der Waals surface area contributed by atoms with Crippen molar-refractivity contribution in [3.05, 3.63) is 57.6 Å². The maximum Gasteiger partial charge on any atom is 0.240 e. The van der Waals surface area contributed by atoms with Crippen LogP contribution in [0, 0.1) is 0 Å². The minimum absolute atomic E-state index is 0.131. The second kappa shape index (κ2) is 13.5. The van der Waals surface area contributed by atoms with Crippen molar-refractivity contribution in [2.75, 3.05) is 44.7 Å². The maximum absolute atomic E-state index is 12.4. The molecule has 2 heterocycles. The zero-order valence-electron chi connectivity index (χ0n) is 21.4. The Hall–Kier alpha value is -2.32.